The molecule has 0 radical (unpaired) electrons. The van der Waals surface area contributed by atoms with Crippen molar-refractivity contribution in [3.63, 3.8) is 0 Å². The Morgan fingerprint density at radius 1 is 1.12 bits per heavy atom. The van der Waals surface area contributed by atoms with Gasteiger partial charge >= 0.3 is 5.97 Å². The number of hydrogen-bond donors (Lipinski definition) is 2. The summed E-state index contributed by atoms with van der Waals surface area (Å²) in [7, 11) is 0. The van der Waals surface area contributed by atoms with E-state index in [9.17, 15) is 9.59 Å². The summed E-state index contributed by atoms with van der Waals surface area (Å²) in [6, 6.07) is 8.43. The second kappa shape index (κ2) is 7.57. The van der Waals surface area contributed by atoms with E-state index in [-0.39, 0.29) is 11.3 Å². The maximum absolute atomic E-state index is 12.4. The summed E-state index contributed by atoms with van der Waals surface area (Å²) >= 11 is 5.81. The van der Waals surface area contributed by atoms with E-state index in [2.05, 4.69) is 5.32 Å². The molecule has 5 nitrogen and oxygen atoms in total. The number of halogens is 1. The lowest BCUT2D eigenvalue weighted by atomic mass is 10.0. The highest BCUT2D eigenvalue weighted by Gasteiger charge is 2.21. The largest absolute Gasteiger partial charge is 0.449 e. The quantitative estimate of drug-likeness (QED) is 0.637. The first-order chi connectivity index (χ1) is 11.7. The van der Waals surface area contributed by atoms with Crippen LogP contribution in [-0.4, -0.2) is 18.0 Å². The van der Waals surface area contributed by atoms with Gasteiger partial charge in [-0.05, 0) is 57.0 Å². The molecule has 0 bridgehead atoms. The first-order valence-electron chi connectivity index (χ1n) is 7.83. The summed E-state index contributed by atoms with van der Waals surface area (Å²) in [6.07, 6.45) is -0.970. The standard InChI is InChI=1S/C19H21ClN2O3/c1-10-7-11(2)17(12(3)8-10)22-18(23)13(4)25-19(24)15-6-5-14(20)9-16(15)21/h5-9,13H,21H2,1-4H3,(H,22,23)/t13-/m0/s1. The number of amides is 1. The van der Waals surface area contributed by atoms with Crippen LogP contribution in [0, 0.1) is 20.8 Å². The van der Waals surface area contributed by atoms with Crippen molar-refractivity contribution in [3.8, 4) is 0 Å². The fourth-order valence-electron chi connectivity index (χ4n) is 2.60. The minimum atomic E-state index is -0.970. The topological polar surface area (TPSA) is 81.4 Å². The zero-order valence-corrected chi connectivity index (χ0v) is 15.4. The van der Waals surface area contributed by atoms with Gasteiger partial charge in [0.1, 0.15) is 0 Å². The highest BCUT2D eigenvalue weighted by Crippen LogP contribution is 2.23. The van der Waals surface area contributed by atoms with E-state index in [4.69, 9.17) is 22.1 Å². The molecule has 0 aliphatic heterocycles. The number of aryl methyl sites for hydroxylation is 3. The second-order valence-electron chi connectivity index (χ2n) is 6.04. The Bertz CT molecular complexity index is 810. The molecular formula is C19H21ClN2O3. The molecule has 1 amide bonds. The Hall–Kier alpha value is -2.53. The molecule has 0 aromatic heterocycles. The van der Waals surface area contributed by atoms with Crippen LogP contribution in [0.4, 0.5) is 11.4 Å². The normalized spacial score (nSPS) is 11.7. The molecule has 0 unspecified atom stereocenters. The lowest BCUT2D eigenvalue weighted by molar-refractivity contribution is -0.123. The van der Waals surface area contributed by atoms with Crippen molar-refractivity contribution in [1.82, 2.24) is 0 Å². The molecule has 1 atom stereocenters. The molecule has 0 heterocycles. The third kappa shape index (κ3) is 4.51. The van der Waals surface area contributed by atoms with Crippen LogP contribution in [0.15, 0.2) is 30.3 Å². The molecular weight excluding hydrogens is 340 g/mol. The number of ether oxygens (including phenoxy) is 1. The van der Waals surface area contributed by atoms with Crippen LogP contribution < -0.4 is 11.1 Å². The maximum Gasteiger partial charge on any atom is 0.341 e. The van der Waals surface area contributed by atoms with Crippen LogP contribution in [0.5, 0.6) is 0 Å². The Kier molecular flexibility index (Phi) is 5.69. The van der Waals surface area contributed by atoms with Crippen LogP contribution in [0.25, 0.3) is 0 Å². The summed E-state index contributed by atoms with van der Waals surface area (Å²) in [6.45, 7) is 7.34. The predicted molar refractivity (Wildman–Crippen MR) is 100 cm³/mol. The molecule has 2 aromatic rings. The van der Waals surface area contributed by atoms with Crippen molar-refractivity contribution in [3.05, 3.63) is 57.6 Å². The number of rotatable bonds is 4. The average molecular weight is 361 g/mol. The van der Waals surface area contributed by atoms with Crippen LogP contribution in [-0.2, 0) is 9.53 Å². The Balaban J connectivity index is 2.09. The van der Waals surface area contributed by atoms with Crippen molar-refractivity contribution in [1.29, 1.82) is 0 Å². The van der Waals surface area contributed by atoms with E-state index in [1.54, 1.807) is 0 Å². The van der Waals surface area contributed by atoms with Gasteiger partial charge in [-0.2, -0.15) is 0 Å². The zero-order chi connectivity index (χ0) is 18.7. The van der Waals surface area contributed by atoms with E-state index in [0.29, 0.717) is 5.02 Å². The minimum Gasteiger partial charge on any atom is -0.449 e. The lowest BCUT2D eigenvalue weighted by Crippen LogP contribution is -2.30. The number of nitrogens with one attached hydrogen (secondary N) is 1. The van der Waals surface area contributed by atoms with Gasteiger partial charge in [-0.25, -0.2) is 4.79 Å². The van der Waals surface area contributed by atoms with Gasteiger partial charge in [-0.1, -0.05) is 29.3 Å². The van der Waals surface area contributed by atoms with Crippen molar-refractivity contribution >= 4 is 34.9 Å². The molecule has 132 valence electrons. The maximum atomic E-state index is 12.4. The van der Waals surface area contributed by atoms with E-state index in [1.807, 2.05) is 32.9 Å². The van der Waals surface area contributed by atoms with Crippen LogP contribution in [0.2, 0.25) is 5.02 Å². The Morgan fingerprint density at radius 3 is 2.28 bits per heavy atom. The van der Waals surface area contributed by atoms with Crippen molar-refractivity contribution in [2.75, 3.05) is 11.1 Å². The van der Waals surface area contributed by atoms with E-state index in [1.165, 1.54) is 25.1 Å². The smallest absolute Gasteiger partial charge is 0.341 e. The van der Waals surface area contributed by atoms with Crippen molar-refractivity contribution in [2.45, 2.75) is 33.8 Å². The highest BCUT2D eigenvalue weighted by molar-refractivity contribution is 6.31. The van der Waals surface area contributed by atoms with Crippen molar-refractivity contribution < 1.29 is 14.3 Å². The van der Waals surface area contributed by atoms with Crippen LogP contribution >= 0.6 is 11.6 Å². The highest BCUT2D eigenvalue weighted by atomic mass is 35.5. The van der Waals surface area contributed by atoms with Gasteiger partial charge in [0.25, 0.3) is 5.91 Å². The molecule has 3 N–H and O–H groups in total. The molecule has 0 fully saturated rings. The summed E-state index contributed by atoms with van der Waals surface area (Å²) in [5.41, 5.74) is 9.89. The second-order valence-corrected chi connectivity index (χ2v) is 6.48. The molecule has 25 heavy (non-hydrogen) atoms. The Morgan fingerprint density at radius 2 is 1.72 bits per heavy atom. The number of carbonyl (C=O) groups is 2. The average Bonchev–Trinajstić information content (AvgIpc) is 2.50. The summed E-state index contributed by atoms with van der Waals surface area (Å²) < 4.78 is 5.22. The van der Waals surface area contributed by atoms with E-state index < -0.39 is 18.0 Å². The first kappa shape index (κ1) is 18.8. The van der Waals surface area contributed by atoms with Crippen molar-refractivity contribution in [2.24, 2.45) is 0 Å². The van der Waals surface area contributed by atoms with Gasteiger partial charge < -0.3 is 15.8 Å². The number of nitrogens with two attached hydrogens (primary N) is 1. The summed E-state index contributed by atoms with van der Waals surface area (Å²) in [5.74, 6) is -1.08. The lowest BCUT2D eigenvalue weighted by Gasteiger charge is -2.17. The minimum absolute atomic E-state index is 0.173. The number of nitrogen functional groups attached to an aromatic ring is 1. The molecule has 0 spiro atoms. The van der Waals surface area contributed by atoms with Gasteiger partial charge in [0, 0.05) is 16.4 Å². The van der Waals surface area contributed by atoms with Gasteiger partial charge in [-0.3, -0.25) is 4.79 Å². The predicted octanol–water partition coefficient (Wildman–Crippen LogP) is 4.03. The molecule has 0 saturated carbocycles. The van der Waals surface area contributed by atoms with E-state index >= 15 is 0 Å². The van der Waals surface area contributed by atoms with Gasteiger partial charge in [0.05, 0.1) is 5.56 Å². The van der Waals surface area contributed by atoms with Gasteiger partial charge in [0.2, 0.25) is 0 Å². The van der Waals surface area contributed by atoms with Crippen LogP contribution in [0.3, 0.4) is 0 Å². The number of hydrogen-bond acceptors (Lipinski definition) is 4. The Labute approximate surface area is 152 Å². The number of esters is 1. The molecule has 0 saturated heterocycles. The number of anilines is 2. The number of carbonyl (C=O) groups excluding carboxylic acids is 2. The zero-order valence-electron chi connectivity index (χ0n) is 14.6. The fourth-order valence-corrected chi connectivity index (χ4v) is 2.78. The first-order valence-corrected chi connectivity index (χ1v) is 8.21. The van der Waals surface area contributed by atoms with Crippen LogP contribution in [0.1, 0.15) is 34.0 Å². The monoisotopic (exact) mass is 360 g/mol. The van der Waals surface area contributed by atoms with E-state index in [0.717, 1.165) is 22.4 Å². The SMILES string of the molecule is Cc1cc(C)c(NC(=O)[C@H](C)OC(=O)c2ccc(Cl)cc2N)c(C)c1. The molecule has 0 aliphatic carbocycles. The molecule has 0 aliphatic rings. The molecule has 2 rings (SSSR count). The van der Waals surface area contributed by atoms with Gasteiger partial charge in [-0.15, -0.1) is 0 Å². The van der Waals surface area contributed by atoms with Gasteiger partial charge in [0.15, 0.2) is 6.10 Å². The third-order valence-electron chi connectivity index (χ3n) is 3.81. The molecule has 2 aromatic carbocycles. The third-order valence-corrected chi connectivity index (χ3v) is 4.05. The summed E-state index contributed by atoms with van der Waals surface area (Å²) in [4.78, 5) is 24.6. The summed E-state index contributed by atoms with van der Waals surface area (Å²) in [5, 5.41) is 3.24. The number of benzene rings is 2. The molecule has 6 heteroatoms. The fraction of sp³-hybridized carbons (Fsp3) is 0.263.